The summed E-state index contributed by atoms with van der Waals surface area (Å²) in [6.07, 6.45) is 0.275. The molecule has 1 unspecified atom stereocenters. The predicted octanol–water partition coefficient (Wildman–Crippen LogP) is 0.527. The molecule has 1 atom stereocenters. The van der Waals surface area contributed by atoms with Gasteiger partial charge in [0.2, 0.25) is 11.8 Å². The summed E-state index contributed by atoms with van der Waals surface area (Å²) in [5.41, 5.74) is 6.58. The van der Waals surface area contributed by atoms with E-state index in [1.165, 1.54) is 7.11 Å². The molecule has 126 valence electrons. The minimum atomic E-state index is -0.648. The SMILES string of the molecule is COCC(N)C(=O)N1CCN(C(=O)Cc2ccccc2Cl)CC1. The minimum Gasteiger partial charge on any atom is -0.383 e. The molecule has 23 heavy (non-hydrogen) atoms. The van der Waals surface area contributed by atoms with E-state index in [9.17, 15) is 9.59 Å². The number of methoxy groups -OCH3 is 1. The van der Waals surface area contributed by atoms with Crippen LogP contribution >= 0.6 is 11.6 Å². The number of nitrogens with zero attached hydrogens (tertiary/aromatic N) is 2. The number of rotatable bonds is 5. The molecule has 1 aromatic carbocycles. The van der Waals surface area contributed by atoms with Crippen LogP contribution in [0.4, 0.5) is 0 Å². The van der Waals surface area contributed by atoms with E-state index in [4.69, 9.17) is 22.1 Å². The monoisotopic (exact) mass is 339 g/mol. The Morgan fingerprint density at radius 3 is 2.43 bits per heavy atom. The molecule has 1 saturated heterocycles. The number of amides is 2. The molecular formula is C16H22ClN3O3. The van der Waals surface area contributed by atoms with Crippen molar-refractivity contribution in [1.29, 1.82) is 0 Å². The Balaban J connectivity index is 1.85. The number of hydrogen-bond acceptors (Lipinski definition) is 4. The van der Waals surface area contributed by atoms with E-state index in [1.807, 2.05) is 18.2 Å². The van der Waals surface area contributed by atoms with Crippen molar-refractivity contribution in [2.75, 3.05) is 39.9 Å². The van der Waals surface area contributed by atoms with Crippen molar-refractivity contribution < 1.29 is 14.3 Å². The number of carbonyl (C=O) groups excluding carboxylic acids is 2. The molecule has 0 radical (unpaired) electrons. The van der Waals surface area contributed by atoms with Gasteiger partial charge in [0.1, 0.15) is 6.04 Å². The van der Waals surface area contributed by atoms with Crippen molar-refractivity contribution in [2.45, 2.75) is 12.5 Å². The number of ether oxygens (including phenoxy) is 1. The summed E-state index contributed by atoms with van der Waals surface area (Å²) in [4.78, 5) is 27.9. The van der Waals surface area contributed by atoms with Gasteiger partial charge in [-0.3, -0.25) is 9.59 Å². The first-order chi connectivity index (χ1) is 11.0. The van der Waals surface area contributed by atoms with E-state index in [0.717, 1.165) is 5.56 Å². The zero-order valence-corrected chi connectivity index (χ0v) is 14.0. The second-order valence-corrected chi connectivity index (χ2v) is 5.94. The van der Waals surface area contributed by atoms with E-state index in [-0.39, 0.29) is 24.8 Å². The Kier molecular flexibility index (Phi) is 6.38. The van der Waals surface area contributed by atoms with Crippen LogP contribution in [-0.4, -0.2) is 67.6 Å². The topological polar surface area (TPSA) is 75.9 Å². The van der Waals surface area contributed by atoms with Crippen LogP contribution in [0.1, 0.15) is 5.56 Å². The normalized spacial score (nSPS) is 16.3. The van der Waals surface area contributed by atoms with Gasteiger partial charge in [-0.2, -0.15) is 0 Å². The van der Waals surface area contributed by atoms with Crippen LogP contribution in [0.15, 0.2) is 24.3 Å². The van der Waals surface area contributed by atoms with Gasteiger partial charge in [0.15, 0.2) is 0 Å². The third kappa shape index (κ3) is 4.67. The van der Waals surface area contributed by atoms with Gasteiger partial charge in [-0.1, -0.05) is 29.8 Å². The summed E-state index contributed by atoms with van der Waals surface area (Å²) in [6, 6.07) is 6.68. The number of halogens is 1. The molecule has 1 aromatic rings. The first-order valence-electron chi connectivity index (χ1n) is 7.57. The summed E-state index contributed by atoms with van der Waals surface area (Å²) in [7, 11) is 1.51. The average Bonchev–Trinajstić information content (AvgIpc) is 2.56. The summed E-state index contributed by atoms with van der Waals surface area (Å²) in [6.45, 7) is 2.20. The average molecular weight is 340 g/mol. The zero-order chi connectivity index (χ0) is 16.8. The maximum Gasteiger partial charge on any atom is 0.241 e. The molecule has 2 rings (SSSR count). The van der Waals surface area contributed by atoms with Gasteiger partial charge in [0.25, 0.3) is 0 Å². The van der Waals surface area contributed by atoms with Crippen LogP contribution in [-0.2, 0) is 20.7 Å². The quantitative estimate of drug-likeness (QED) is 0.849. The molecule has 0 spiro atoms. The van der Waals surface area contributed by atoms with Gasteiger partial charge in [0, 0.05) is 38.3 Å². The summed E-state index contributed by atoms with van der Waals surface area (Å²) >= 11 is 6.09. The number of carbonyl (C=O) groups is 2. The highest BCUT2D eigenvalue weighted by molar-refractivity contribution is 6.31. The smallest absolute Gasteiger partial charge is 0.241 e. The maximum atomic E-state index is 12.4. The van der Waals surface area contributed by atoms with Gasteiger partial charge < -0.3 is 20.3 Å². The van der Waals surface area contributed by atoms with Gasteiger partial charge in [-0.25, -0.2) is 0 Å². The summed E-state index contributed by atoms with van der Waals surface area (Å²) in [5, 5.41) is 0.597. The lowest BCUT2D eigenvalue weighted by Crippen LogP contribution is -2.55. The Morgan fingerprint density at radius 2 is 1.83 bits per heavy atom. The first kappa shape index (κ1) is 17.7. The zero-order valence-electron chi connectivity index (χ0n) is 13.2. The molecule has 0 aliphatic carbocycles. The van der Waals surface area contributed by atoms with E-state index < -0.39 is 6.04 Å². The summed E-state index contributed by atoms with van der Waals surface area (Å²) in [5.74, 6) is -0.114. The fourth-order valence-corrected chi connectivity index (χ4v) is 2.78. The van der Waals surface area contributed by atoms with Crippen molar-refractivity contribution in [3.63, 3.8) is 0 Å². The van der Waals surface area contributed by atoms with Crippen LogP contribution < -0.4 is 5.73 Å². The van der Waals surface area contributed by atoms with Gasteiger partial charge >= 0.3 is 0 Å². The lowest BCUT2D eigenvalue weighted by Gasteiger charge is -2.36. The minimum absolute atomic E-state index is 0.0198. The molecular weight excluding hydrogens is 318 g/mol. The molecule has 0 aromatic heterocycles. The molecule has 2 N–H and O–H groups in total. The second kappa shape index (κ2) is 8.29. The predicted molar refractivity (Wildman–Crippen MR) is 88.2 cm³/mol. The van der Waals surface area contributed by atoms with Crippen LogP contribution in [0.3, 0.4) is 0 Å². The third-order valence-electron chi connectivity index (χ3n) is 3.91. The molecule has 0 bridgehead atoms. The van der Waals surface area contributed by atoms with E-state index in [0.29, 0.717) is 31.2 Å². The Labute approximate surface area is 141 Å². The molecule has 1 aliphatic rings. The highest BCUT2D eigenvalue weighted by Gasteiger charge is 2.27. The third-order valence-corrected chi connectivity index (χ3v) is 4.28. The number of benzene rings is 1. The molecule has 6 nitrogen and oxygen atoms in total. The van der Waals surface area contributed by atoms with Crippen LogP contribution in [0.2, 0.25) is 5.02 Å². The first-order valence-corrected chi connectivity index (χ1v) is 7.95. The number of piperazine rings is 1. The van der Waals surface area contributed by atoms with Crippen molar-refractivity contribution in [3.05, 3.63) is 34.9 Å². The van der Waals surface area contributed by atoms with Crippen LogP contribution in [0.5, 0.6) is 0 Å². The Hall–Kier alpha value is -1.63. The van der Waals surface area contributed by atoms with Crippen LogP contribution in [0, 0.1) is 0 Å². The lowest BCUT2D eigenvalue weighted by molar-refractivity contribution is -0.140. The van der Waals surface area contributed by atoms with Gasteiger partial charge in [-0.15, -0.1) is 0 Å². The molecule has 1 fully saturated rings. The Bertz CT molecular complexity index is 559. The summed E-state index contributed by atoms with van der Waals surface area (Å²) < 4.78 is 4.90. The van der Waals surface area contributed by atoms with E-state index in [1.54, 1.807) is 15.9 Å². The van der Waals surface area contributed by atoms with Crippen molar-refractivity contribution in [1.82, 2.24) is 9.80 Å². The van der Waals surface area contributed by atoms with E-state index in [2.05, 4.69) is 0 Å². The highest BCUT2D eigenvalue weighted by atomic mass is 35.5. The lowest BCUT2D eigenvalue weighted by atomic mass is 10.1. The van der Waals surface area contributed by atoms with Gasteiger partial charge in [0.05, 0.1) is 13.0 Å². The molecule has 1 aliphatic heterocycles. The van der Waals surface area contributed by atoms with Crippen LogP contribution in [0.25, 0.3) is 0 Å². The molecule has 2 amide bonds. The molecule has 0 saturated carbocycles. The van der Waals surface area contributed by atoms with Crippen molar-refractivity contribution in [3.8, 4) is 0 Å². The highest BCUT2D eigenvalue weighted by Crippen LogP contribution is 2.16. The standard InChI is InChI=1S/C16H22ClN3O3/c1-23-11-14(18)16(22)20-8-6-19(7-9-20)15(21)10-12-4-2-3-5-13(12)17/h2-5,14H,6-11,18H2,1H3. The fourth-order valence-electron chi connectivity index (χ4n) is 2.58. The Morgan fingerprint density at radius 1 is 1.22 bits per heavy atom. The van der Waals surface area contributed by atoms with E-state index >= 15 is 0 Å². The molecule has 1 heterocycles. The maximum absolute atomic E-state index is 12.4. The number of hydrogen-bond donors (Lipinski definition) is 1. The fraction of sp³-hybridized carbons (Fsp3) is 0.500. The number of nitrogens with two attached hydrogens (primary N) is 1. The second-order valence-electron chi connectivity index (χ2n) is 5.54. The largest absolute Gasteiger partial charge is 0.383 e. The van der Waals surface area contributed by atoms with Crippen molar-refractivity contribution >= 4 is 23.4 Å². The van der Waals surface area contributed by atoms with Gasteiger partial charge in [-0.05, 0) is 11.6 Å². The van der Waals surface area contributed by atoms with Crippen molar-refractivity contribution in [2.24, 2.45) is 5.73 Å². The molecule has 7 heteroatoms.